The Morgan fingerprint density at radius 1 is 1.38 bits per heavy atom. The number of ether oxygens (including phenoxy) is 1. The molecule has 0 amide bonds. The van der Waals surface area contributed by atoms with Gasteiger partial charge in [0.1, 0.15) is 5.75 Å². The summed E-state index contributed by atoms with van der Waals surface area (Å²) in [6.45, 7) is 0.755. The zero-order valence-electron chi connectivity index (χ0n) is 11.7. The first-order valence-corrected chi connectivity index (χ1v) is 5.53. The number of hydrogen-bond acceptors (Lipinski definition) is 5. The molecule has 0 aliphatic heterocycles. The predicted molar refractivity (Wildman–Crippen MR) is 66.0 cm³/mol. The van der Waals surface area contributed by atoms with Crippen LogP contribution in [0.2, 0.25) is 0 Å². The molecule has 8 nitrogen and oxygen atoms in total. The van der Waals surface area contributed by atoms with Crippen LogP contribution in [0.15, 0.2) is 23.2 Å². The largest absolute Gasteiger partial charge is 2.00 e. The number of hydrogen-bond donors (Lipinski definition) is 2. The van der Waals surface area contributed by atoms with Gasteiger partial charge >= 0.3 is 0 Å². The summed E-state index contributed by atoms with van der Waals surface area (Å²) in [5, 5.41) is 29.4. The van der Waals surface area contributed by atoms with E-state index in [2.05, 4.69) is 10.7 Å². The van der Waals surface area contributed by atoms with Crippen molar-refractivity contribution in [3.63, 3.8) is 0 Å². The summed E-state index contributed by atoms with van der Waals surface area (Å²) in [6, 6.07) is 4.94. The fourth-order valence-corrected chi connectivity index (χ4v) is 1.01. The number of aliphatic hydroxyl groups is 1. The van der Waals surface area contributed by atoms with Crippen LogP contribution in [0.5, 0.6) is 11.5 Å². The maximum atomic E-state index is 11.5. The molecule has 0 unspecified atom stereocenters. The topological polar surface area (TPSA) is 173 Å². The van der Waals surface area contributed by atoms with E-state index in [1.807, 2.05) is 0 Å². The van der Waals surface area contributed by atoms with Gasteiger partial charge in [-0.05, 0) is 11.6 Å². The number of rotatable bonds is 5. The van der Waals surface area contributed by atoms with Gasteiger partial charge in [0.25, 0.3) is 0 Å². The van der Waals surface area contributed by atoms with Crippen LogP contribution in [0.4, 0.5) is 0 Å². The van der Waals surface area contributed by atoms with Gasteiger partial charge in [0, 0.05) is 31.3 Å². The van der Waals surface area contributed by atoms with E-state index >= 15 is 0 Å². The van der Waals surface area contributed by atoms with Crippen molar-refractivity contribution in [2.75, 3.05) is 33.4 Å². The summed E-state index contributed by atoms with van der Waals surface area (Å²) in [6.07, 6.45) is 1.41. The number of para-hydroxylation sites is 1. The number of benzene rings is 1. The second kappa shape index (κ2) is 18.9. The Morgan fingerprint density at radius 3 is 2.38 bits per heavy atom. The zero-order valence-corrected chi connectivity index (χ0v) is 13.1. The molecule has 0 atom stereocenters. The molecule has 0 spiro atoms. The summed E-state index contributed by atoms with van der Waals surface area (Å²) >= 11 is 0. The normalized spacial score (nSPS) is 8.57. The van der Waals surface area contributed by atoms with Gasteiger partial charge < -0.3 is 36.7 Å². The molecule has 1 aromatic carbocycles. The molecule has 9 heteroatoms. The summed E-state index contributed by atoms with van der Waals surface area (Å²) < 4.78 is 4.86. The van der Waals surface area contributed by atoms with Gasteiger partial charge in [-0.25, -0.2) is 0 Å². The van der Waals surface area contributed by atoms with Crippen molar-refractivity contribution in [3.05, 3.63) is 23.8 Å². The molecule has 0 aromatic heterocycles. The molecule has 0 saturated heterocycles. The minimum atomic E-state index is -0.269. The average molecular weight is 338 g/mol. The van der Waals surface area contributed by atoms with Gasteiger partial charge in [-0.3, -0.25) is 4.99 Å². The standard InChI is InChI=1S/C10H12NO3.C2H7NO.2O.V/c1-14-9-4-2-3-8(10(9)13)7-11-5-6-12;3-1-2-4;;;/h2-4,7,13H,5-6H2,1H3;4H,1-3H2;;;/q-1;;2*-2;. The molecule has 0 heterocycles. The Morgan fingerprint density at radius 2 is 1.95 bits per heavy atom. The quantitative estimate of drug-likeness (QED) is 0.566. The van der Waals surface area contributed by atoms with Gasteiger partial charge in [-0.15, -0.1) is 6.61 Å². The SMILES string of the molecule is COc1cccc(C=NCC[O-])c1[O-].[NH3+]CCO.[O-2].[O-2].[V]. The molecule has 0 fully saturated rings. The van der Waals surface area contributed by atoms with Crippen molar-refractivity contribution in [3.8, 4) is 11.5 Å². The third-order valence-electron chi connectivity index (χ3n) is 1.84. The van der Waals surface area contributed by atoms with E-state index in [4.69, 9.17) is 9.84 Å². The van der Waals surface area contributed by atoms with E-state index in [-0.39, 0.29) is 60.8 Å². The molecule has 0 saturated carbocycles. The van der Waals surface area contributed by atoms with E-state index < -0.39 is 0 Å². The number of methoxy groups -OCH3 is 1. The van der Waals surface area contributed by atoms with Crippen molar-refractivity contribution in [2.45, 2.75) is 0 Å². The van der Waals surface area contributed by atoms with Gasteiger partial charge in [-0.2, -0.15) is 0 Å². The number of aliphatic imine (C=N–C) groups is 1. The summed E-state index contributed by atoms with van der Waals surface area (Å²) in [5.74, 6) is 0.0840. The van der Waals surface area contributed by atoms with Crippen molar-refractivity contribution in [1.82, 2.24) is 0 Å². The Hall–Kier alpha value is -1.13. The van der Waals surface area contributed by atoms with E-state index in [9.17, 15) is 10.2 Å². The van der Waals surface area contributed by atoms with E-state index in [1.165, 1.54) is 13.3 Å². The van der Waals surface area contributed by atoms with Crippen LogP contribution in [-0.2, 0) is 29.5 Å². The first kappa shape index (κ1) is 28.1. The van der Waals surface area contributed by atoms with Crippen molar-refractivity contribution < 1.29 is 55.3 Å². The van der Waals surface area contributed by atoms with Crippen LogP contribution in [0.25, 0.3) is 0 Å². The minimum Gasteiger partial charge on any atom is -2.00 e. The first-order chi connectivity index (χ1) is 8.71. The average Bonchev–Trinajstić information content (AvgIpc) is 2.41. The smallest absolute Gasteiger partial charge is 0.111 e. The number of nitrogens with zero attached hydrogens (tertiary/aromatic N) is 1. The molecule has 0 aliphatic carbocycles. The van der Waals surface area contributed by atoms with Crippen LogP contribution >= 0.6 is 0 Å². The number of aliphatic hydroxyl groups excluding tert-OH is 1. The van der Waals surface area contributed by atoms with Crippen molar-refractivity contribution >= 4 is 6.21 Å². The van der Waals surface area contributed by atoms with Gasteiger partial charge in [0.15, 0.2) is 0 Å². The molecule has 1 radical (unpaired) electrons. The molecular weight excluding hydrogens is 319 g/mol. The summed E-state index contributed by atoms with van der Waals surface area (Å²) in [4.78, 5) is 3.80. The molecule has 123 valence electrons. The Kier molecular flexibility index (Phi) is 25.3. The Labute approximate surface area is 135 Å². The van der Waals surface area contributed by atoms with E-state index in [1.54, 1.807) is 18.2 Å². The van der Waals surface area contributed by atoms with E-state index in [0.717, 1.165) is 0 Å². The van der Waals surface area contributed by atoms with Crippen molar-refractivity contribution in [2.24, 2.45) is 4.99 Å². The molecular formula is C12H19N2O6V-5. The van der Waals surface area contributed by atoms with Crippen LogP contribution in [0, 0.1) is 0 Å². The van der Waals surface area contributed by atoms with Crippen LogP contribution < -0.4 is 20.7 Å². The maximum Gasteiger partial charge on any atom is 0.111 e. The van der Waals surface area contributed by atoms with Crippen LogP contribution in [0.1, 0.15) is 5.56 Å². The third-order valence-corrected chi connectivity index (χ3v) is 1.84. The van der Waals surface area contributed by atoms with E-state index in [0.29, 0.717) is 12.1 Å². The fourth-order valence-electron chi connectivity index (χ4n) is 1.01. The van der Waals surface area contributed by atoms with Gasteiger partial charge in [0.2, 0.25) is 0 Å². The zero-order chi connectivity index (χ0) is 13.8. The predicted octanol–water partition coefficient (Wildman–Crippen LogP) is -2.47. The third kappa shape index (κ3) is 12.3. The van der Waals surface area contributed by atoms with Crippen LogP contribution in [-0.4, -0.2) is 44.7 Å². The number of quaternary nitrogens is 1. The molecule has 1 aromatic rings. The van der Waals surface area contributed by atoms with Crippen LogP contribution in [0.3, 0.4) is 0 Å². The summed E-state index contributed by atoms with van der Waals surface area (Å²) in [7, 11) is 1.44. The van der Waals surface area contributed by atoms with Gasteiger partial charge in [0.05, 0.1) is 20.3 Å². The van der Waals surface area contributed by atoms with Crippen molar-refractivity contribution in [1.29, 1.82) is 0 Å². The Bertz CT molecular complexity index is 364. The summed E-state index contributed by atoms with van der Waals surface area (Å²) in [5.41, 5.74) is 3.80. The fraction of sp³-hybridized carbons (Fsp3) is 0.417. The maximum absolute atomic E-state index is 11.5. The Balaban J connectivity index is -0.000000185. The first-order valence-electron chi connectivity index (χ1n) is 5.53. The van der Waals surface area contributed by atoms with Gasteiger partial charge in [-0.1, -0.05) is 17.9 Å². The molecule has 4 N–H and O–H groups in total. The monoisotopic (exact) mass is 338 g/mol. The molecule has 0 aliphatic rings. The second-order valence-electron chi connectivity index (χ2n) is 3.20. The molecule has 1 rings (SSSR count). The molecule has 21 heavy (non-hydrogen) atoms. The minimum absolute atomic E-state index is 0. The second-order valence-corrected chi connectivity index (χ2v) is 3.20. The molecule has 0 bridgehead atoms.